The van der Waals surface area contributed by atoms with Gasteiger partial charge >= 0.3 is 5.65 Å². The van der Waals surface area contributed by atoms with E-state index < -0.39 is 0 Å². The largest absolute Gasteiger partial charge is 0.710 e. The molecule has 0 fully saturated rings. The number of nitrogens with zero attached hydrogens (tertiary/aromatic N) is 3. The number of hydrogen-bond acceptors (Lipinski definition) is 3. The van der Waals surface area contributed by atoms with E-state index in [2.05, 4.69) is 9.97 Å². The van der Waals surface area contributed by atoms with Crippen LogP contribution in [0, 0.1) is 5.21 Å². The van der Waals surface area contributed by atoms with Gasteiger partial charge in [0, 0.05) is 6.20 Å². The Hall–Kier alpha value is -1.71. The zero-order valence-electron chi connectivity index (χ0n) is 5.64. The molecule has 2 rings (SSSR count). The van der Waals surface area contributed by atoms with Crippen molar-refractivity contribution in [2.45, 2.75) is 0 Å². The minimum Gasteiger partial charge on any atom is -0.710 e. The number of aromatic nitrogens is 3. The molecule has 54 valence electrons. The minimum atomic E-state index is 0.405. The highest BCUT2D eigenvalue weighted by atomic mass is 16.5. The number of hydrogen-bond donors (Lipinski definition) is 0. The van der Waals surface area contributed by atoms with Crippen LogP contribution in [0.2, 0.25) is 0 Å². The molecule has 0 aliphatic heterocycles. The zero-order valence-corrected chi connectivity index (χ0v) is 5.64. The second-order valence-corrected chi connectivity index (χ2v) is 2.14. The lowest BCUT2D eigenvalue weighted by molar-refractivity contribution is -0.579. The van der Waals surface area contributed by atoms with Crippen LogP contribution in [-0.4, -0.2) is 9.97 Å². The van der Waals surface area contributed by atoms with Gasteiger partial charge in [-0.05, 0) is 17.1 Å². The molecule has 11 heavy (non-hydrogen) atoms. The third-order valence-corrected chi connectivity index (χ3v) is 1.42. The number of rotatable bonds is 0. The summed E-state index contributed by atoms with van der Waals surface area (Å²) in [5, 5.41) is 11.8. The smallest absolute Gasteiger partial charge is 0.336 e. The molecule has 0 aliphatic rings. The first-order valence-corrected chi connectivity index (χ1v) is 3.16. The van der Waals surface area contributed by atoms with Crippen molar-refractivity contribution in [1.82, 2.24) is 9.97 Å². The fourth-order valence-corrected chi connectivity index (χ4v) is 0.931. The van der Waals surface area contributed by atoms with Crippen LogP contribution < -0.4 is 4.73 Å². The maximum Gasteiger partial charge on any atom is 0.336 e. The Kier molecular flexibility index (Phi) is 1.18. The van der Waals surface area contributed by atoms with Gasteiger partial charge in [-0.3, -0.25) is 0 Å². The summed E-state index contributed by atoms with van der Waals surface area (Å²) in [7, 11) is 0. The monoisotopic (exact) mass is 147 g/mol. The Labute approximate surface area is 62.7 Å². The molecule has 0 aromatic carbocycles. The van der Waals surface area contributed by atoms with Crippen molar-refractivity contribution < 1.29 is 4.73 Å². The first-order valence-electron chi connectivity index (χ1n) is 3.16. The van der Waals surface area contributed by atoms with Crippen molar-refractivity contribution in [3.8, 4) is 0 Å². The summed E-state index contributed by atoms with van der Waals surface area (Å²) in [4.78, 5) is 7.61. The van der Waals surface area contributed by atoms with Crippen molar-refractivity contribution in [3.63, 3.8) is 0 Å². The van der Waals surface area contributed by atoms with Crippen molar-refractivity contribution in [1.29, 1.82) is 0 Å². The molecule has 4 heteroatoms. The fraction of sp³-hybridized carbons (Fsp3) is 0. The van der Waals surface area contributed by atoms with E-state index in [9.17, 15) is 5.21 Å². The molecule has 0 aliphatic carbocycles. The van der Waals surface area contributed by atoms with Gasteiger partial charge in [-0.1, -0.05) is 0 Å². The van der Waals surface area contributed by atoms with Gasteiger partial charge in [0.25, 0.3) is 0 Å². The predicted molar refractivity (Wildman–Crippen MR) is 38.5 cm³/mol. The summed E-state index contributed by atoms with van der Waals surface area (Å²) in [5.74, 6) is 0. The van der Waals surface area contributed by atoms with E-state index in [1.54, 1.807) is 18.3 Å². The molecule has 0 spiro atoms. The van der Waals surface area contributed by atoms with E-state index in [0.717, 1.165) is 10.1 Å². The van der Waals surface area contributed by atoms with Crippen LogP contribution in [0.3, 0.4) is 0 Å². The van der Waals surface area contributed by atoms with Gasteiger partial charge in [-0.15, -0.1) is 0 Å². The molecule has 2 aromatic heterocycles. The lowest BCUT2D eigenvalue weighted by atomic mass is 10.3. The zero-order chi connectivity index (χ0) is 7.68. The normalized spacial score (nSPS) is 10.2. The van der Waals surface area contributed by atoms with Crippen LogP contribution in [-0.2, 0) is 0 Å². The van der Waals surface area contributed by atoms with Crippen molar-refractivity contribution >= 4 is 11.0 Å². The third kappa shape index (κ3) is 0.881. The number of fused-ring (bicyclic) bond motifs is 1. The predicted octanol–water partition coefficient (Wildman–Crippen LogP) is 0.263. The molecule has 2 aromatic rings. The molecule has 0 saturated carbocycles. The molecule has 4 nitrogen and oxygen atoms in total. The van der Waals surface area contributed by atoms with Crippen LogP contribution in [0.1, 0.15) is 0 Å². The Morgan fingerprint density at radius 1 is 1.45 bits per heavy atom. The molecule has 0 radical (unpaired) electrons. The van der Waals surface area contributed by atoms with Crippen LogP contribution in [0.15, 0.2) is 30.9 Å². The van der Waals surface area contributed by atoms with E-state index in [4.69, 9.17) is 0 Å². The topological polar surface area (TPSA) is 52.7 Å². The second-order valence-electron chi connectivity index (χ2n) is 2.14. The van der Waals surface area contributed by atoms with E-state index >= 15 is 0 Å². The Morgan fingerprint density at radius 2 is 2.36 bits per heavy atom. The van der Waals surface area contributed by atoms with Crippen LogP contribution in [0.5, 0.6) is 0 Å². The summed E-state index contributed by atoms with van der Waals surface area (Å²) in [6.45, 7) is 0. The molecular weight excluding hydrogens is 142 g/mol. The van der Waals surface area contributed by atoms with Crippen molar-refractivity contribution in [2.75, 3.05) is 0 Å². The Bertz CT molecular complexity index is 383. The van der Waals surface area contributed by atoms with E-state index in [-0.39, 0.29) is 0 Å². The van der Waals surface area contributed by atoms with Gasteiger partial charge in [0.15, 0.2) is 0 Å². The first kappa shape index (κ1) is 6.03. The van der Waals surface area contributed by atoms with E-state index in [1.165, 1.54) is 12.5 Å². The maximum atomic E-state index is 11.0. The minimum absolute atomic E-state index is 0.405. The van der Waals surface area contributed by atoms with E-state index in [0.29, 0.717) is 5.65 Å². The summed E-state index contributed by atoms with van der Waals surface area (Å²) in [5.41, 5.74) is 0.405. The van der Waals surface area contributed by atoms with Crippen LogP contribution in [0.4, 0.5) is 0 Å². The number of pyridine rings is 1. The highest BCUT2D eigenvalue weighted by Gasteiger charge is 2.01. The SMILES string of the molecule is [O-][n+]1cccc2cncnc21. The van der Waals surface area contributed by atoms with Crippen LogP contribution in [0.25, 0.3) is 11.0 Å². The molecule has 0 unspecified atom stereocenters. The standard InChI is InChI=1S/C7H5N3O/c11-10-3-1-2-6-4-8-5-9-7(6)10/h1-5H. The van der Waals surface area contributed by atoms with Crippen LogP contribution >= 0.6 is 0 Å². The average Bonchev–Trinajstić information content (AvgIpc) is 2.06. The average molecular weight is 147 g/mol. The van der Waals surface area contributed by atoms with Gasteiger partial charge in [-0.2, -0.15) is 0 Å². The molecular formula is C7H5N3O. The van der Waals surface area contributed by atoms with E-state index in [1.807, 2.05) is 0 Å². The lowest BCUT2D eigenvalue weighted by Gasteiger charge is -2.00. The summed E-state index contributed by atoms with van der Waals surface area (Å²) >= 11 is 0. The Balaban J connectivity index is 2.91. The third-order valence-electron chi connectivity index (χ3n) is 1.42. The fourth-order valence-electron chi connectivity index (χ4n) is 0.931. The van der Waals surface area contributed by atoms with Crippen molar-refractivity contribution in [2.24, 2.45) is 0 Å². The van der Waals surface area contributed by atoms with Gasteiger partial charge in [0.05, 0.1) is 11.6 Å². The molecule has 2 heterocycles. The second kappa shape index (κ2) is 2.16. The summed E-state index contributed by atoms with van der Waals surface area (Å²) < 4.78 is 0.719. The molecule has 0 bridgehead atoms. The van der Waals surface area contributed by atoms with Gasteiger partial charge in [0.2, 0.25) is 6.33 Å². The molecule has 0 N–H and O–H groups in total. The maximum absolute atomic E-state index is 11.0. The summed E-state index contributed by atoms with van der Waals surface area (Å²) in [6.07, 6.45) is 4.38. The molecule has 0 saturated heterocycles. The first-order chi connectivity index (χ1) is 5.38. The lowest BCUT2D eigenvalue weighted by Crippen LogP contribution is -2.26. The highest BCUT2D eigenvalue weighted by molar-refractivity contribution is 5.69. The Morgan fingerprint density at radius 3 is 3.18 bits per heavy atom. The van der Waals surface area contributed by atoms with Crippen molar-refractivity contribution in [3.05, 3.63) is 36.1 Å². The van der Waals surface area contributed by atoms with Gasteiger partial charge < -0.3 is 5.21 Å². The molecule has 0 amide bonds. The van der Waals surface area contributed by atoms with Gasteiger partial charge in [-0.25, -0.2) is 9.71 Å². The quantitative estimate of drug-likeness (QED) is 0.397. The molecule has 0 atom stereocenters. The van der Waals surface area contributed by atoms with Gasteiger partial charge in [0.1, 0.15) is 0 Å². The highest BCUT2D eigenvalue weighted by Crippen LogP contribution is 2.01. The summed E-state index contributed by atoms with van der Waals surface area (Å²) in [6, 6.07) is 3.46.